The van der Waals surface area contributed by atoms with Gasteiger partial charge in [-0.1, -0.05) is 44.2 Å². The molecular weight excluding hydrogens is 312 g/mol. The molecular formula is C17H20N2O3S. The van der Waals surface area contributed by atoms with E-state index in [1.807, 2.05) is 30.3 Å². The molecule has 2 N–H and O–H groups in total. The molecule has 5 nitrogen and oxygen atoms in total. The Morgan fingerprint density at radius 2 is 1.91 bits per heavy atom. The van der Waals surface area contributed by atoms with Gasteiger partial charge in [0.2, 0.25) is 0 Å². The molecule has 1 aromatic heterocycles. The van der Waals surface area contributed by atoms with Crippen molar-refractivity contribution in [3.8, 4) is 0 Å². The minimum absolute atomic E-state index is 0.241. The third-order valence-electron chi connectivity index (χ3n) is 3.25. The molecule has 0 radical (unpaired) electrons. The first-order valence-electron chi connectivity index (χ1n) is 7.47. The van der Waals surface area contributed by atoms with E-state index in [4.69, 9.17) is 0 Å². The summed E-state index contributed by atoms with van der Waals surface area (Å²) in [7, 11) is 0. The molecule has 0 saturated carbocycles. The van der Waals surface area contributed by atoms with Crippen LogP contribution >= 0.6 is 11.3 Å². The van der Waals surface area contributed by atoms with Crippen molar-refractivity contribution in [3.63, 3.8) is 0 Å². The van der Waals surface area contributed by atoms with E-state index in [0.29, 0.717) is 5.92 Å². The van der Waals surface area contributed by atoms with Crippen LogP contribution in [0.3, 0.4) is 0 Å². The van der Waals surface area contributed by atoms with Crippen molar-refractivity contribution in [2.24, 2.45) is 5.92 Å². The van der Waals surface area contributed by atoms with E-state index in [2.05, 4.69) is 24.1 Å². The summed E-state index contributed by atoms with van der Waals surface area (Å²) in [6, 6.07) is 8.25. The number of aromatic nitrogens is 1. The van der Waals surface area contributed by atoms with Gasteiger partial charge >= 0.3 is 5.97 Å². The van der Waals surface area contributed by atoms with Crippen LogP contribution in [0.15, 0.2) is 35.7 Å². The molecule has 0 aliphatic carbocycles. The number of rotatable bonds is 7. The highest BCUT2D eigenvalue weighted by atomic mass is 32.1. The van der Waals surface area contributed by atoms with Crippen LogP contribution < -0.4 is 5.32 Å². The van der Waals surface area contributed by atoms with Gasteiger partial charge in [-0.2, -0.15) is 0 Å². The lowest BCUT2D eigenvalue weighted by molar-refractivity contribution is -0.139. The summed E-state index contributed by atoms with van der Waals surface area (Å²) in [6.07, 6.45) is 1.05. The van der Waals surface area contributed by atoms with Crippen LogP contribution in [0.4, 0.5) is 0 Å². The number of carbonyl (C=O) groups excluding carboxylic acids is 1. The molecule has 1 atom stereocenters. The Balaban J connectivity index is 2.03. The molecule has 2 aromatic rings. The van der Waals surface area contributed by atoms with Crippen LogP contribution in [-0.4, -0.2) is 28.0 Å². The summed E-state index contributed by atoms with van der Waals surface area (Å²) in [5.41, 5.74) is 1.14. The molecule has 23 heavy (non-hydrogen) atoms. The number of carboxylic acids is 1. The van der Waals surface area contributed by atoms with Crippen LogP contribution in [0.25, 0.3) is 0 Å². The lowest BCUT2D eigenvalue weighted by Crippen LogP contribution is -2.42. The van der Waals surface area contributed by atoms with Crippen LogP contribution in [0.2, 0.25) is 0 Å². The molecule has 1 amide bonds. The standard InChI is InChI=1S/C17H20N2O3S/c1-11(2)8-15-18-14(10-23-15)16(20)19-13(17(21)22)9-12-6-4-3-5-7-12/h3-7,10-11,13H,8-9H2,1-2H3,(H,19,20)(H,21,22)/t13-/m0/s1. The van der Waals surface area contributed by atoms with Gasteiger partial charge in [-0.25, -0.2) is 9.78 Å². The fourth-order valence-electron chi connectivity index (χ4n) is 2.14. The van der Waals surface area contributed by atoms with Gasteiger partial charge in [0.15, 0.2) is 0 Å². The minimum atomic E-state index is -1.06. The number of aliphatic carboxylic acids is 1. The molecule has 2 rings (SSSR count). The van der Waals surface area contributed by atoms with Crippen molar-refractivity contribution in [2.75, 3.05) is 0 Å². The lowest BCUT2D eigenvalue weighted by Gasteiger charge is -2.13. The Bertz CT molecular complexity index is 667. The summed E-state index contributed by atoms with van der Waals surface area (Å²) in [5, 5.41) is 14.4. The number of hydrogen-bond acceptors (Lipinski definition) is 4. The highest BCUT2D eigenvalue weighted by Crippen LogP contribution is 2.14. The van der Waals surface area contributed by atoms with Gasteiger partial charge in [-0.05, 0) is 11.5 Å². The van der Waals surface area contributed by atoms with Gasteiger partial charge < -0.3 is 10.4 Å². The summed E-state index contributed by atoms with van der Waals surface area (Å²) in [6.45, 7) is 4.17. The zero-order valence-corrected chi connectivity index (χ0v) is 14.0. The number of thiazole rings is 1. The molecule has 0 aliphatic rings. The second-order valence-electron chi connectivity index (χ2n) is 5.78. The van der Waals surface area contributed by atoms with Gasteiger partial charge in [-0.3, -0.25) is 4.79 Å². The van der Waals surface area contributed by atoms with Gasteiger partial charge in [0.05, 0.1) is 5.01 Å². The Labute approximate surface area is 139 Å². The fraction of sp³-hybridized carbons (Fsp3) is 0.353. The van der Waals surface area contributed by atoms with E-state index in [-0.39, 0.29) is 12.1 Å². The van der Waals surface area contributed by atoms with Gasteiger partial charge in [0.25, 0.3) is 5.91 Å². The molecule has 1 aromatic carbocycles. The van der Waals surface area contributed by atoms with Crippen LogP contribution in [0, 0.1) is 5.92 Å². The summed E-state index contributed by atoms with van der Waals surface area (Å²) >= 11 is 1.43. The van der Waals surface area contributed by atoms with Crippen LogP contribution in [-0.2, 0) is 17.6 Å². The summed E-state index contributed by atoms with van der Waals surface area (Å²) in [5.74, 6) is -1.04. The normalized spacial score (nSPS) is 12.1. The van der Waals surface area contributed by atoms with E-state index in [9.17, 15) is 14.7 Å². The number of nitrogens with one attached hydrogen (secondary N) is 1. The molecule has 0 aliphatic heterocycles. The number of carbonyl (C=O) groups is 2. The van der Waals surface area contributed by atoms with E-state index < -0.39 is 17.9 Å². The zero-order valence-electron chi connectivity index (χ0n) is 13.2. The molecule has 122 valence electrons. The molecule has 0 unspecified atom stereocenters. The highest BCUT2D eigenvalue weighted by Gasteiger charge is 2.22. The molecule has 0 fully saturated rings. The fourth-order valence-corrected chi connectivity index (χ4v) is 3.13. The number of amides is 1. The van der Waals surface area contributed by atoms with Crippen molar-refractivity contribution in [1.82, 2.24) is 10.3 Å². The first-order valence-corrected chi connectivity index (χ1v) is 8.35. The number of carboxylic acid groups (broad SMARTS) is 1. The smallest absolute Gasteiger partial charge is 0.326 e. The van der Waals surface area contributed by atoms with Gasteiger partial charge in [0.1, 0.15) is 11.7 Å². The monoisotopic (exact) mass is 332 g/mol. The van der Waals surface area contributed by atoms with E-state index in [0.717, 1.165) is 17.0 Å². The summed E-state index contributed by atoms with van der Waals surface area (Å²) < 4.78 is 0. The second kappa shape index (κ2) is 7.87. The highest BCUT2D eigenvalue weighted by molar-refractivity contribution is 7.09. The minimum Gasteiger partial charge on any atom is -0.480 e. The molecule has 0 bridgehead atoms. The quantitative estimate of drug-likeness (QED) is 0.817. The van der Waals surface area contributed by atoms with Crippen LogP contribution in [0.5, 0.6) is 0 Å². The van der Waals surface area contributed by atoms with Crippen molar-refractivity contribution in [2.45, 2.75) is 32.7 Å². The summed E-state index contributed by atoms with van der Waals surface area (Å²) in [4.78, 5) is 27.9. The van der Waals surface area contributed by atoms with Crippen molar-refractivity contribution >= 4 is 23.2 Å². The average Bonchev–Trinajstić information content (AvgIpc) is 2.95. The predicted molar refractivity (Wildman–Crippen MR) is 89.7 cm³/mol. The maximum atomic E-state index is 12.2. The number of nitrogens with zero attached hydrogens (tertiary/aromatic N) is 1. The average molecular weight is 332 g/mol. The topological polar surface area (TPSA) is 79.3 Å². The molecule has 0 spiro atoms. The van der Waals surface area contributed by atoms with Crippen LogP contribution in [0.1, 0.15) is 34.9 Å². The third kappa shape index (κ3) is 5.17. The van der Waals surface area contributed by atoms with E-state index in [1.54, 1.807) is 5.38 Å². The van der Waals surface area contributed by atoms with E-state index >= 15 is 0 Å². The number of benzene rings is 1. The molecule has 1 heterocycles. The Kier molecular flexibility index (Phi) is 5.87. The largest absolute Gasteiger partial charge is 0.480 e. The third-order valence-corrected chi connectivity index (χ3v) is 4.12. The van der Waals surface area contributed by atoms with Crippen molar-refractivity contribution in [1.29, 1.82) is 0 Å². The lowest BCUT2D eigenvalue weighted by atomic mass is 10.1. The SMILES string of the molecule is CC(C)Cc1nc(C(=O)N[C@@H](Cc2ccccc2)C(=O)O)cs1. The Morgan fingerprint density at radius 3 is 2.52 bits per heavy atom. The van der Waals surface area contributed by atoms with Gasteiger partial charge in [0, 0.05) is 18.2 Å². The van der Waals surface area contributed by atoms with Crippen molar-refractivity contribution in [3.05, 3.63) is 52.0 Å². The molecule has 0 saturated heterocycles. The number of hydrogen-bond donors (Lipinski definition) is 2. The maximum Gasteiger partial charge on any atom is 0.326 e. The first kappa shape index (κ1) is 17.1. The Hall–Kier alpha value is -2.21. The maximum absolute atomic E-state index is 12.2. The van der Waals surface area contributed by atoms with Crippen molar-refractivity contribution < 1.29 is 14.7 Å². The van der Waals surface area contributed by atoms with Gasteiger partial charge in [-0.15, -0.1) is 11.3 Å². The second-order valence-corrected chi connectivity index (χ2v) is 6.72. The Morgan fingerprint density at radius 1 is 1.22 bits per heavy atom. The zero-order chi connectivity index (χ0) is 16.8. The van der Waals surface area contributed by atoms with E-state index in [1.165, 1.54) is 11.3 Å². The predicted octanol–water partition coefficient (Wildman–Crippen LogP) is 2.77. The molecule has 6 heteroatoms. The first-order chi connectivity index (χ1) is 11.0.